The molecule has 0 amide bonds. The fourth-order valence-electron chi connectivity index (χ4n) is 2.53. The predicted molar refractivity (Wildman–Crippen MR) is 64.5 cm³/mol. The first-order valence-corrected chi connectivity index (χ1v) is 6.03. The van der Waals surface area contributed by atoms with Crippen molar-refractivity contribution in [1.29, 1.82) is 0 Å². The zero-order valence-corrected chi connectivity index (χ0v) is 9.75. The molecule has 2 rings (SSSR count). The van der Waals surface area contributed by atoms with Gasteiger partial charge in [0.2, 0.25) is 0 Å². The maximum Gasteiger partial charge on any atom is 0.290 e. The smallest absolute Gasteiger partial charge is 0.290 e. The van der Waals surface area contributed by atoms with E-state index >= 15 is 0 Å². The van der Waals surface area contributed by atoms with Gasteiger partial charge in [0.05, 0.1) is 0 Å². The summed E-state index contributed by atoms with van der Waals surface area (Å²) in [6.07, 6.45) is 9.49. The molecule has 1 aliphatic rings. The van der Waals surface area contributed by atoms with Crippen LogP contribution < -0.4 is 10.9 Å². The zero-order valence-electron chi connectivity index (χ0n) is 9.75. The Kier molecular flexibility index (Phi) is 3.27. The van der Waals surface area contributed by atoms with Gasteiger partial charge in [-0.25, -0.2) is 4.98 Å². The van der Waals surface area contributed by atoms with Gasteiger partial charge in [0.15, 0.2) is 5.82 Å². The Balaban J connectivity index is 2.01. The van der Waals surface area contributed by atoms with Gasteiger partial charge in [-0.1, -0.05) is 19.8 Å². The summed E-state index contributed by atoms with van der Waals surface area (Å²) in [4.78, 5) is 18.1. The van der Waals surface area contributed by atoms with Crippen LogP contribution in [0.25, 0.3) is 0 Å². The minimum absolute atomic E-state index is 0.133. The molecule has 0 atom stereocenters. The highest BCUT2D eigenvalue weighted by Gasteiger charge is 2.31. The van der Waals surface area contributed by atoms with Crippen LogP contribution in [-0.2, 0) is 0 Å². The Labute approximate surface area is 95.5 Å². The van der Waals surface area contributed by atoms with Gasteiger partial charge >= 0.3 is 0 Å². The Morgan fingerprint density at radius 2 is 2.25 bits per heavy atom. The molecule has 0 unspecified atom stereocenters. The number of aromatic nitrogens is 2. The van der Waals surface area contributed by atoms with E-state index in [1.54, 1.807) is 12.4 Å². The zero-order chi connectivity index (χ0) is 11.4. The van der Waals surface area contributed by atoms with Gasteiger partial charge < -0.3 is 10.3 Å². The van der Waals surface area contributed by atoms with Crippen LogP contribution in [0.4, 0.5) is 5.82 Å². The monoisotopic (exact) mass is 221 g/mol. The summed E-state index contributed by atoms with van der Waals surface area (Å²) in [5.41, 5.74) is 0.246. The van der Waals surface area contributed by atoms with Crippen LogP contribution in [0.5, 0.6) is 0 Å². The van der Waals surface area contributed by atoms with Crippen LogP contribution in [0.3, 0.4) is 0 Å². The summed E-state index contributed by atoms with van der Waals surface area (Å²) < 4.78 is 0. The number of H-pyrrole nitrogens is 1. The van der Waals surface area contributed by atoms with Gasteiger partial charge in [0.1, 0.15) is 0 Å². The SMILES string of the molecule is CCC1(CNc2ncc[nH]c2=O)CCCC1. The van der Waals surface area contributed by atoms with Crippen molar-refractivity contribution in [2.45, 2.75) is 39.0 Å². The summed E-state index contributed by atoms with van der Waals surface area (Å²) in [5.74, 6) is 0.447. The third-order valence-electron chi connectivity index (χ3n) is 3.75. The van der Waals surface area contributed by atoms with Crippen molar-refractivity contribution >= 4 is 5.82 Å². The first-order valence-electron chi connectivity index (χ1n) is 6.03. The van der Waals surface area contributed by atoms with Crippen LogP contribution in [0, 0.1) is 5.41 Å². The number of rotatable bonds is 4. The van der Waals surface area contributed by atoms with Crippen molar-refractivity contribution in [2.24, 2.45) is 5.41 Å². The molecule has 0 aromatic carbocycles. The van der Waals surface area contributed by atoms with Gasteiger partial charge in [-0.05, 0) is 24.7 Å². The highest BCUT2D eigenvalue weighted by Crippen LogP contribution is 2.40. The van der Waals surface area contributed by atoms with Crippen molar-refractivity contribution < 1.29 is 0 Å². The maximum absolute atomic E-state index is 11.4. The molecule has 4 nitrogen and oxygen atoms in total. The lowest BCUT2D eigenvalue weighted by molar-refractivity contribution is 0.306. The second-order valence-electron chi connectivity index (χ2n) is 4.68. The topological polar surface area (TPSA) is 57.8 Å². The molecule has 2 N–H and O–H groups in total. The number of anilines is 1. The van der Waals surface area contributed by atoms with Crippen LogP contribution in [0.1, 0.15) is 39.0 Å². The first-order chi connectivity index (χ1) is 7.76. The van der Waals surface area contributed by atoms with E-state index in [4.69, 9.17) is 0 Å². The van der Waals surface area contributed by atoms with Gasteiger partial charge in [-0.2, -0.15) is 0 Å². The average Bonchev–Trinajstić information content (AvgIpc) is 2.78. The summed E-state index contributed by atoms with van der Waals surface area (Å²) >= 11 is 0. The van der Waals surface area contributed by atoms with E-state index in [9.17, 15) is 4.79 Å². The van der Waals surface area contributed by atoms with Crippen molar-refractivity contribution in [3.05, 3.63) is 22.7 Å². The molecule has 88 valence electrons. The van der Waals surface area contributed by atoms with E-state index in [0.717, 1.165) is 6.54 Å². The molecule has 1 fully saturated rings. The minimum atomic E-state index is -0.133. The third-order valence-corrected chi connectivity index (χ3v) is 3.75. The number of nitrogens with one attached hydrogen (secondary N) is 2. The number of hydrogen-bond donors (Lipinski definition) is 2. The third kappa shape index (κ3) is 2.26. The molecule has 0 radical (unpaired) electrons. The lowest BCUT2D eigenvalue weighted by atomic mass is 9.83. The van der Waals surface area contributed by atoms with Crippen molar-refractivity contribution in [3.8, 4) is 0 Å². The van der Waals surface area contributed by atoms with E-state index in [1.807, 2.05) is 0 Å². The Bertz CT molecular complexity index is 393. The minimum Gasteiger partial charge on any atom is -0.365 e. The lowest BCUT2D eigenvalue weighted by Crippen LogP contribution is -2.28. The average molecular weight is 221 g/mol. The van der Waals surface area contributed by atoms with E-state index < -0.39 is 0 Å². The molecule has 1 aromatic heterocycles. The molecular formula is C12H19N3O. The molecule has 16 heavy (non-hydrogen) atoms. The summed E-state index contributed by atoms with van der Waals surface area (Å²) in [6, 6.07) is 0. The van der Waals surface area contributed by atoms with Gasteiger partial charge in [-0.15, -0.1) is 0 Å². The van der Waals surface area contributed by atoms with E-state index in [0.29, 0.717) is 11.2 Å². The Morgan fingerprint density at radius 3 is 2.88 bits per heavy atom. The predicted octanol–water partition coefficient (Wildman–Crippen LogP) is 2.15. The van der Waals surface area contributed by atoms with Crippen molar-refractivity contribution in [3.63, 3.8) is 0 Å². The van der Waals surface area contributed by atoms with E-state index in [1.165, 1.54) is 32.1 Å². The summed E-state index contributed by atoms with van der Waals surface area (Å²) in [7, 11) is 0. The fraction of sp³-hybridized carbons (Fsp3) is 0.667. The number of nitrogens with zero attached hydrogens (tertiary/aromatic N) is 1. The van der Waals surface area contributed by atoms with Crippen LogP contribution in [0.15, 0.2) is 17.2 Å². The van der Waals surface area contributed by atoms with Crippen LogP contribution in [0.2, 0.25) is 0 Å². The highest BCUT2D eigenvalue weighted by molar-refractivity contribution is 5.30. The van der Waals surface area contributed by atoms with Crippen molar-refractivity contribution in [2.75, 3.05) is 11.9 Å². The lowest BCUT2D eigenvalue weighted by Gasteiger charge is -2.27. The molecule has 4 heteroatoms. The van der Waals surface area contributed by atoms with Gasteiger partial charge in [-0.3, -0.25) is 4.79 Å². The molecule has 1 heterocycles. The molecule has 1 saturated carbocycles. The van der Waals surface area contributed by atoms with E-state index in [2.05, 4.69) is 22.2 Å². The summed E-state index contributed by atoms with van der Waals surface area (Å²) in [6.45, 7) is 3.10. The van der Waals surface area contributed by atoms with Gasteiger partial charge in [0.25, 0.3) is 5.56 Å². The Morgan fingerprint density at radius 1 is 1.50 bits per heavy atom. The van der Waals surface area contributed by atoms with Crippen LogP contribution in [-0.4, -0.2) is 16.5 Å². The quantitative estimate of drug-likeness (QED) is 0.819. The molecule has 1 aliphatic carbocycles. The fourth-order valence-corrected chi connectivity index (χ4v) is 2.53. The second-order valence-corrected chi connectivity index (χ2v) is 4.68. The standard InChI is InChI=1S/C12H19N3O/c1-2-12(5-3-4-6-12)9-15-10-11(16)14-8-7-13-10/h7-8H,2-6,9H2,1H3,(H,13,15)(H,14,16). The first kappa shape index (κ1) is 11.2. The normalized spacial score (nSPS) is 18.6. The molecule has 0 bridgehead atoms. The van der Waals surface area contributed by atoms with Crippen molar-refractivity contribution in [1.82, 2.24) is 9.97 Å². The summed E-state index contributed by atoms with van der Waals surface area (Å²) in [5, 5.41) is 3.19. The molecule has 0 aliphatic heterocycles. The number of aromatic amines is 1. The van der Waals surface area contributed by atoms with E-state index in [-0.39, 0.29) is 5.56 Å². The molecular weight excluding hydrogens is 202 g/mol. The number of hydrogen-bond acceptors (Lipinski definition) is 3. The molecule has 0 spiro atoms. The molecule has 0 saturated heterocycles. The largest absolute Gasteiger partial charge is 0.365 e. The second kappa shape index (κ2) is 4.68. The van der Waals surface area contributed by atoms with Crippen LogP contribution >= 0.6 is 0 Å². The highest BCUT2D eigenvalue weighted by atomic mass is 16.1. The van der Waals surface area contributed by atoms with Gasteiger partial charge in [0, 0.05) is 18.9 Å². The Hall–Kier alpha value is -1.32. The maximum atomic E-state index is 11.4. The molecule has 1 aromatic rings.